The van der Waals surface area contributed by atoms with E-state index in [2.05, 4.69) is 0 Å². The van der Waals surface area contributed by atoms with Crippen LogP contribution < -0.4 is 5.73 Å². The molecule has 2 heteroatoms. The molecule has 0 aliphatic heterocycles. The minimum Gasteiger partial charge on any atom is -0.405 e. The number of allylic oxidation sites excluding steroid dienone is 1. The fraction of sp³-hybridized carbons (Fsp3) is 0.400. The molecular formula is C5H10N2. The van der Waals surface area contributed by atoms with Crippen LogP contribution in [0.3, 0.4) is 0 Å². The van der Waals surface area contributed by atoms with Crippen LogP contribution in [0.1, 0.15) is 13.3 Å². The Bertz CT molecular complexity index is 84.1. The van der Waals surface area contributed by atoms with Crippen LogP contribution in [0, 0.1) is 5.41 Å². The van der Waals surface area contributed by atoms with Gasteiger partial charge in [-0.05, 0) is 18.7 Å². The van der Waals surface area contributed by atoms with Gasteiger partial charge >= 0.3 is 0 Å². The Morgan fingerprint density at radius 1 is 1.86 bits per heavy atom. The maximum Gasteiger partial charge on any atom is 0.0325 e. The Kier molecular flexibility index (Phi) is 3.02. The minimum atomic E-state index is 0.572. The van der Waals surface area contributed by atoms with Crippen molar-refractivity contribution < 1.29 is 0 Å². The molecule has 0 aromatic rings. The van der Waals surface area contributed by atoms with Gasteiger partial charge in [0, 0.05) is 5.71 Å². The van der Waals surface area contributed by atoms with Crippen LogP contribution in [0.15, 0.2) is 12.3 Å². The van der Waals surface area contributed by atoms with Crippen molar-refractivity contribution in [3.8, 4) is 0 Å². The van der Waals surface area contributed by atoms with Crippen LogP contribution in [0.2, 0.25) is 0 Å². The monoisotopic (exact) mass is 98.1 g/mol. The summed E-state index contributed by atoms with van der Waals surface area (Å²) >= 11 is 0. The van der Waals surface area contributed by atoms with Crippen LogP contribution in [0.5, 0.6) is 0 Å². The summed E-state index contributed by atoms with van der Waals surface area (Å²) < 4.78 is 0. The largest absolute Gasteiger partial charge is 0.405 e. The summed E-state index contributed by atoms with van der Waals surface area (Å²) in [5, 5.41) is 6.97. The van der Waals surface area contributed by atoms with E-state index >= 15 is 0 Å². The molecule has 40 valence electrons. The normalized spacial score (nSPS) is 9.86. The molecule has 0 atom stereocenters. The number of hydrogen-bond donors (Lipinski definition) is 2. The highest BCUT2D eigenvalue weighted by Crippen LogP contribution is 1.79. The first-order valence-corrected chi connectivity index (χ1v) is 2.27. The number of nitrogens with one attached hydrogen (secondary N) is 1. The first kappa shape index (κ1) is 6.21. The number of nitrogens with two attached hydrogens (primary N) is 1. The lowest BCUT2D eigenvalue weighted by Gasteiger charge is -1.83. The van der Waals surface area contributed by atoms with Crippen LogP contribution in [0.25, 0.3) is 0 Å². The number of rotatable bonds is 2. The molecule has 0 aromatic heterocycles. The Hall–Kier alpha value is -0.790. The average molecular weight is 98.1 g/mol. The molecule has 0 saturated heterocycles. The summed E-state index contributed by atoms with van der Waals surface area (Å²) in [6.07, 6.45) is 3.72. The summed E-state index contributed by atoms with van der Waals surface area (Å²) in [7, 11) is 0. The van der Waals surface area contributed by atoms with E-state index in [0.717, 1.165) is 6.42 Å². The first-order valence-electron chi connectivity index (χ1n) is 2.27. The molecule has 0 unspecified atom stereocenters. The van der Waals surface area contributed by atoms with Crippen LogP contribution in [0.4, 0.5) is 0 Å². The van der Waals surface area contributed by atoms with Crippen LogP contribution in [-0.2, 0) is 0 Å². The quantitative estimate of drug-likeness (QED) is 0.495. The van der Waals surface area contributed by atoms with Gasteiger partial charge in [-0.1, -0.05) is 6.92 Å². The molecule has 0 rings (SSSR count). The van der Waals surface area contributed by atoms with Gasteiger partial charge in [-0.25, -0.2) is 0 Å². The summed E-state index contributed by atoms with van der Waals surface area (Å²) in [4.78, 5) is 0. The van der Waals surface area contributed by atoms with Crippen molar-refractivity contribution in [2.45, 2.75) is 13.3 Å². The lowest BCUT2D eigenvalue weighted by molar-refractivity contribution is 1.25. The van der Waals surface area contributed by atoms with Crippen LogP contribution in [-0.4, -0.2) is 5.71 Å². The summed E-state index contributed by atoms with van der Waals surface area (Å²) in [6, 6.07) is 0. The van der Waals surface area contributed by atoms with Gasteiger partial charge in [-0.3, -0.25) is 0 Å². The van der Waals surface area contributed by atoms with E-state index in [1.807, 2.05) is 6.92 Å². The fourth-order valence-corrected chi connectivity index (χ4v) is 0.234. The SMILES string of the molecule is CCC(=N)/C=C\N. The Labute approximate surface area is 43.5 Å². The standard InChI is InChI=1S/C5H10N2/c1-2-5(7)3-4-6/h3-4,7H,2,6H2,1H3/b4-3-,7-5?. The topological polar surface area (TPSA) is 49.9 Å². The molecule has 0 spiro atoms. The summed E-state index contributed by atoms with van der Waals surface area (Å²) in [6.45, 7) is 1.92. The molecule has 0 fully saturated rings. The molecule has 3 N–H and O–H groups in total. The van der Waals surface area contributed by atoms with Gasteiger partial charge < -0.3 is 11.1 Å². The Morgan fingerprint density at radius 3 is 2.57 bits per heavy atom. The van der Waals surface area contributed by atoms with Gasteiger partial charge in [0.1, 0.15) is 0 Å². The highest BCUT2D eigenvalue weighted by molar-refractivity contribution is 5.91. The molecule has 0 aliphatic rings. The Morgan fingerprint density at radius 2 is 2.43 bits per heavy atom. The van der Waals surface area contributed by atoms with Crippen LogP contribution >= 0.6 is 0 Å². The van der Waals surface area contributed by atoms with Gasteiger partial charge in [-0.15, -0.1) is 0 Å². The molecule has 0 heterocycles. The summed E-state index contributed by atoms with van der Waals surface area (Å²) in [5.74, 6) is 0. The van der Waals surface area contributed by atoms with Gasteiger partial charge in [-0.2, -0.15) is 0 Å². The van der Waals surface area contributed by atoms with Crippen molar-refractivity contribution in [2.24, 2.45) is 5.73 Å². The zero-order valence-electron chi connectivity index (χ0n) is 4.44. The third-order valence-electron chi connectivity index (χ3n) is 0.678. The second-order valence-corrected chi connectivity index (χ2v) is 1.24. The fourth-order valence-electron chi connectivity index (χ4n) is 0.234. The van der Waals surface area contributed by atoms with Crippen molar-refractivity contribution in [1.29, 1.82) is 5.41 Å². The molecule has 0 saturated carbocycles. The highest BCUT2D eigenvalue weighted by Gasteiger charge is 1.78. The predicted molar refractivity (Wildman–Crippen MR) is 31.3 cm³/mol. The van der Waals surface area contributed by atoms with E-state index in [1.165, 1.54) is 6.20 Å². The van der Waals surface area contributed by atoms with E-state index in [9.17, 15) is 0 Å². The van der Waals surface area contributed by atoms with E-state index in [0.29, 0.717) is 5.71 Å². The third-order valence-corrected chi connectivity index (χ3v) is 0.678. The highest BCUT2D eigenvalue weighted by atomic mass is 14.5. The minimum absolute atomic E-state index is 0.572. The molecule has 0 bridgehead atoms. The summed E-state index contributed by atoms with van der Waals surface area (Å²) in [5.41, 5.74) is 5.56. The average Bonchev–Trinajstić information content (AvgIpc) is 1.68. The molecule has 2 nitrogen and oxygen atoms in total. The third kappa shape index (κ3) is 3.03. The molecule has 0 amide bonds. The second kappa shape index (κ2) is 3.40. The predicted octanol–water partition coefficient (Wildman–Crippen LogP) is 0.889. The van der Waals surface area contributed by atoms with Gasteiger partial charge in [0.05, 0.1) is 0 Å². The van der Waals surface area contributed by atoms with E-state index < -0.39 is 0 Å². The van der Waals surface area contributed by atoms with Gasteiger partial charge in [0.25, 0.3) is 0 Å². The maximum absolute atomic E-state index is 6.97. The smallest absolute Gasteiger partial charge is 0.0325 e. The van der Waals surface area contributed by atoms with E-state index in [-0.39, 0.29) is 0 Å². The second-order valence-electron chi connectivity index (χ2n) is 1.24. The van der Waals surface area contributed by atoms with Crippen molar-refractivity contribution in [1.82, 2.24) is 0 Å². The number of hydrogen-bond acceptors (Lipinski definition) is 2. The van der Waals surface area contributed by atoms with Crippen molar-refractivity contribution in [2.75, 3.05) is 0 Å². The first-order chi connectivity index (χ1) is 3.31. The van der Waals surface area contributed by atoms with E-state index in [4.69, 9.17) is 11.1 Å². The zero-order valence-corrected chi connectivity index (χ0v) is 4.44. The van der Waals surface area contributed by atoms with Crippen molar-refractivity contribution in [3.63, 3.8) is 0 Å². The van der Waals surface area contributed by atoms with Gasteiger partial charge in [0.15, 0.2) is 0 Å². The maximum atomic E-state index is 6.97. The molecule has 0 aromatic carbocycles. The lowest BCUT2D eigenvalue weighted by Crippen LogP contribution is -1.88. The molecule has 0 aliphatic carbocycles. The Balaban J connectivity index is 3.37. The lowest BCUT2D eigenvalue weighted by atomic mass is 10.3. The van der Waals surface area contributed by atoms with Gasteiger partial charge in [0.2, 0.25) is 0 Å². The molecular weight excluding hydrogens is 88.1 g/mol. The molecule has 0 radical (unpaired) electrons. The van der Waals surface area contributed by atoms with Crippen molar-refractivity contribution in [3.05, 3.63) is 12.3 Å². The van der Waals surface area contributed by atoms with E-state index in [1.54, 1.807) is 6.08 Å². The molecule has 7 heavy (non-hydrogen) atoms. The zero-order chi connectivity index (χ0) is 5.70. The van der Waals surface area contributed by atoms with Crippen molar-refractivity contribution >= 4 is 5.71 Å².